The Morgan fingerprint density at radius 2 is 1.26 bits per heavy atom. The number of rotatable bonds is 29. The largest absolute Gasteiger partial charge is 0.381 e. The number of nitrogens with two attached hydrogens (primary N) is 2. The Morgan fingerprint density at radius 1 is 0.667 bits per heavy atom. The molecule has 6 N–H and O–H groups in total. The van der Waals surface area contributed by atoms with Crippen molar-refractivity contribution >= 4 is 29.9 Å². The van der Waals surface area contributed by atoms with Crippen molar-refractivity contribution in [1.82, 2.24) is 10.6 Å². The van der Waals surface area contributed by atoms with Gasteiger partial charge >= 0.3 is 0 Å². The molecule has 0 fully saturated rings. The number of nitrogens with one attached hydrogen (secondary N) is 2. The van der Waals surface area contributed by atoms with Gasteiger partial charge in [-0.05, 0) is 32.1 Å². The van der Waals surface area contributed by atoms with Crippen molar-refractivity contribution in [2.45, 2.75) is 96.0 Å². The van der Waals surface area contributed by atoms with Gasteiger partial charge in [0.05, 0.1) is 25.9 Å². The number of hydrogen-bond acceptors (Lipinski definition) is 8. The second kappa shape index (κ2) is 27.0. The Hall–Kier alpha value is -2.57. The maximum absolute atomic E-state index is 11.9. The van der Waals surface area contributed by atoms with E-state index in [0.29, 0.717) is 39.0 Å². The van der Waals surface area contributed by atoms with E-state index < -0.39 is 17.9 Å². The molecule has 0 aromatic rings. The highest BCUT2D eigenvalue weighted by atomic mass is 16.5. The third kappa shape index (κ3) is 28.3. The van der Waals surface area contributed by atoms with Crippen LogP contribution < -0.4 is 22.1 Å². The first kappa shape index (κ1) is 36.4. The molecule has 0 saturated heterocycles. The fourth-order valence-electron chi connectivity index (χ4n) is 3.56. The van der Waals surface area contributed by atoms with Gasteiger partial charge in [0.2, 0.25) is 23.6 Å². The number of aldehydes is 1. The zero-order chi connectivity index (χ0) is 29.0. The minimum absolute atomic E-state index is 0.0885. The van der Waals surface area contributed by atoms with Gasteiger partial charge < -0.3 is 41.1 Å². The topological polar surface area (TPSA) is 189 Å². The van der Waals surface area contributed by atoms with Crippen molar-refractivity contribution in [1.29, 1.82) is 0 Å². The molecule has 0 aliphatic carbocycles. The number of ether oxygens (including phenoxy) is 3. The molecule has 0 rings (SSSR count). The van der Waals surface area contributed by atoms with Gasteiger partial charge in [-0.2, -0.15) is 0 Å². The van der Waals surface area contributed by atoms with Crippen LogP contribution in [0.4, 0.5) is 0 Å². The standard InChI is InChI=1S/C27H50N4O8/c28-24(33)13-19-38-21-23(39-22-25(29)34)12-18-37-20-14-27(36)31-16-9-5-3-7-11-26(35)30-15-8-4-1-2-6-10-17-32/h17,23H,1-16,18-22H2,(H2,28,33)(H2,29,34)(H,30,35)(H,31,36). The van der Waals surface area contributed by atoms with Crippen molar-refractivity contribution in [3.8, 4) is 0 Å². The van der Waals surface area contributed by atoms with Crippen molar-refractivity contribution in [2.75, 3.05) is 46.1 Å². The Bertz CT molecular complexity index is 678. The third-order valence-electron chi connectivity index (χ3n) is 5.79. The summed E-state index contributed by atoms with van der Waals surface area (Å²) in [6.07, 6.45) is 11.2. The zero-order valence-corrected chi connectivity index (χ0v) is 23.4. The lowest BCUT2D eigenvalue weighted by Crippen LogP contribution is -2.29. The smallest absolute Gasteiger partial charge is 0.243 e. The van der Waals surface area contributed by atoms with Gasteiger partial charge in [-0.1, -0.05) is 32.1 Å². The highest BCUT2D eigenvalue weighted by Crippen LogP contribution is 2.05. The van der Waals surface area contributed by atoms with Crippen LogP contribution in [0.3, 0.4) is 0 Å². The number of amides is 4. The second-order valence-electron chi connectivity index (χ2n) is 9.43. The molecule has 0 spiro atoms. The molecule has 1 atom stereocenters. The van der Waals surface area contributed by atoms with Gasteiger partial charge in [-0.3, -0.25) is 19.2 Å². The summed E-state index contributed by atoms with van der Waals surface area (Å²) in [5.41, 5.74) is 10.2. The summed E-state index contributed by atoms with van der Waals surface area (Å²) >= 11 is 0. The van der Waals surface area contributed by atoms with E-state index in [1.807, 2.05) is 0 Å². The van der Waals surface area contributed by atoms with Crippen LogP contribution in [-0.4, -0.2) is 82.1 Å². The van der Waals surface area contributed by atoms with Crippen LogP contribution in [-0.2, 0) is 38.2 Å². The maximum atomic E-state index is 11.9. The van der Waals surface area contributed by atoms with Crippen LogP contribution in [0.5, 0.6) is 0 Å². The van der Waals surface area contributed by atoms with Crippen molar-refractivity contribution < 1.29 is 38.2 Å². The number of unbranched alkanes of at least 4 members (excludes halogenated alkanes) is 8. The Kier molecular flexibility index (Phi) is 25.2. The molecular weight excluding hydrogens is 508 g/mol. The number of carbonyl (C=O) groups is 5. The Morgan fingerprint density at radius 3 is 1.90 bits per heavy atom. The SMILES string of the molecule is NC(=O)CCOCC(CCOCCC(=O)NCCCCCCC(=O)NCCCCCCCC=O)OCC(N)=O. The number of carbonyl (C=O) groups excluding carboxylic acids is 5. The molecule has 0 heterocycles. The fourth-order valence-corrected chi connectivity index (χ4v) is 3.56. The van der Waals surface area contributed by atoms with E-state index in [1.165, 1.54) is 0 Å². The lowest BCUT2D eigenvalue weighted by Gasteiger charge is -2.17. The predicted octanol–water partition coefficient (Wildman–Crippen LogP) is 1.27. The summed E-state index contributed by atoms with van der Waals surface area (Å²) in [5.74, 6) is -1.06. The van der Waals surface area contributed by atoms with Gasteiger partial charge in [0.25, 0.3) is 0 Å². The van der Waals surface area contributed by atoms with E-state index in [0.717, 1.165) is 64.1 Å². The van der Waals surface area contributed by atoms with Gasteiger partial charge in [0.1, 0.15) is 12.9 Å². The number of primary amides is 2. The molecule has 1 unspecified atom stereocenters. The van der Waals surface area contributed by atoms with Crippen LogP contribution in [0, 0.1) is 0 Å². The molecule has 39 heavy (non-hydrogen) atoms. The molecule has 4 amide bonds. The monoisotopic (exact) mass is 558 g/mol. The second-order valence-corrected chi connectivity index (χ2v) is 9.43. The van der Waals surface area contributed by atoms with Gasteiger partial charge in [0.15, 0.2) is 0 Å². The van der Waals surface area contributed by atoms with Crippen LogP contribution in [0.2, 0.25) is 0 Å². The van der Waals surface area contributed by atoms with E-state index in [9.17, 15) is 24.0 Å². The van der Waals surface area contributed by atoms with Gasteiger partial charge in [-0.15, -0.1) is 0 Å². The first-order valence-electron chi connectivity index (χ1n) is 14.2. The minimum Gasteiger partial charge on any atom is -0.381 e. The first-order valence-corrected chi connectivity index (χ1v) is 14.2. The summed E-state index contributed by atoms with van der Waals surface area (Å²) in [7, 11) is 0. The molecule has 0 saturated carbocycles. The summed E-state index contributed by atoms with van der Waals surface area (Å²) in [6, 6.07) is 0. The van der Waals surface area contributed by atoms with E-state index in [1.54, 1.807) is 0 Å². The summed E-state index contributed by atoms with van der Waals surface area (Å²) in [4.78, 5) is 55.7. The highest BCUT2D eigenvalue weighted by Gasteiger charge is 2.12. The fraction of sp³-hybridized carbons (Fsp3) is 0.815. The number of hydrogen-bond donors (Lipinski definition) is 4. The molecule has 226 valence electrons. The quantitative estimate of drug-likeness (QED) is 0.0779. The van der Waals surface area contributed by atoms with Crippen LogP contribution in [0.25, 0.3) is 0 Å². The van der Waals surface area contributed by atoms with Crippen LogP contribution in [0.1, 0.15) is 89.9 Å². The molecule has 0 aliphatic rings. The third-order valence-corrected chi connectivity index (χ3v) is 5.79. The summed E-state index contributed by atoms with van der Waals surface area (Å²) in [5, 5.41) is 5.82. The first-order chi connectivity index (χ1) is 18.8. The van der Waals surface area contributed by atoms with Crippen LogP contribution >= 0.6 is 0 Å². The molecule has 0 aromatic carbocycles. The molecule has 12 nitrogen and oxygen atoms in total. The molecule has 0 aromatic heterocycles. The van der Waals surface area contributed by atoms with Crippen LogP contribution in [0.15, 0.2) is 0 Å². The van der Waals surface area contributed by atoms with Gasteiger partial charge in [-0.25, -0.2) is 0 Å². The summed E-state index contributed by atoms with van der Waals surface area (Å²) in [6.45, 7) is 1.94. The van der Waals surface area contributed by atoms with E-state index in [4.69, 9.17) is 25.7 Å². The highest BCUT2D eigenvalue weighted by molar-refractivity contribution is 5.76. The van der Waals surface area contributed by atoms with E-state index in [-0.39, 0.29) is 51.1 Å². The molecule has 0 bridgehead atoms. The lowest BCUT2D eigenvalue weighted by molar-refractivity contribution is -0.127. The lowest BCUT2D eigenvalue weighted by atomic mass is 10.1. The minimum atomic E-state index is -0.596. The average Bonchev–Trinajstić information content (AvgIpc) is 2.89. The molecular formula is C27H50N4O8. The average molecular weight is 559 g/mol. The zero-order valence-electron chi connectivity index (χ0n) is 23.4. The van der Waals surface area contributed by atoms with E-state index in [2.05, 4.69) is 10.6 Å². The summed E-state index contributed by atoms with van der Waals surface area (Å²) < 4.78 is 16.2. The van der Waals surface area contributed by atoms with Crippen molar-refractivity contribution in [3.63, 3.8) is 0 Å². The predicted molar refractivity (Wildman–Crippen MR) is 146 cm³/mol. The van der Waals surface area contributed by atoms with Gasteiger partial charge in [0, 0.05) is 45.4 Å². The van der Waals surface area contributed by atoms with Crippen molar-refractivity contribution in [3.05, 3.63) is 0 Å². The normalized spacial score (nSPS) is 11.6. The van der Waals surface area contributed by atoms with E-state index >= 15 is 0 Å². The maximum Gasteiger partial charge on any atom is 0.243 e. The molecule has 0 radical (unpaired) electrons. The van der Waals surface area contributed by atoms with Crippen molar-refractivity contribution in [2.24, 2.45) is 11.5 Å². The molecule has 0 aliphatic heterocycles. The molecule has 12 heteroatoms. The Balaban J connectivity index is 3.64. The Labute approximate surface area is 232 Å².